The van der Waals surface area contributed by atoms with E-state index in [1.165, 1.54) is 12.1 Å². The van der Waals surface area contributed by atoms with Gasteiger partial charge in [0.25, 0.3) is 0 Å². The van der Waals surface area contributed by atoms with Crippen LogP contribution in [-0.4, -0.2) is 11.2 Å². The molecule has 0 heterocycles. The highest BCUT2D eigenvalue weighted by atomic mass is 79.9. The molecule has 19 heavy (non-hydrogen) atoms. The van der Waals surface area contributed by atoms with Crippen LogP contribution in [0.15, 0.2) is 16.6 Å². The van der Waals surface area contributed by atoms with Gasteiger partial charge in [0.05, 0.1) is 12.1 Å². The van der Waals surface area contributed by atoms with Crippen molar-refractivity contribution >= 4 is 15.9 Å². The maximum atomic E-state index is 13.8. The fourth-order valence-corrected chi connectivity index (χ4v) is 3.21. The molecule has 0 aliphatic heterocycles. The van der Waals surface area contributed by atoms with Gasteiger partial charge >= 0.3 is 0 Å². The molecule has 0 unspecified atom stereocenters. The molecule has 0 radical (unpaired) electrons. The van der Waals surface area contributed by atoms with Crippen molar-refractivity contribution in [1.82, 2.24) is 0 Å². The van der Waals surface area contributed by atoms with E-state index in [1.54, 1.807) is 0 Å². The molecule has 3 N–H and O–H groups in total. The molecule has 1 aromatic carbocycles. The third-order valence-electron chi connectivity index (χ3n) is 3.88. The predicted molar refractivity (Wildman–Crippen MR) is 73.6 cm³/mol. The van der Waals surface area contributed by atoms with E-state index < -0.39 is 23.8 Å². The quantitative estimate of drug-likeness (QED) is 0.886. The Labute approximate surface area is 120 Å². The first-order valence-electron chi connectivity index (χ1n) is 6.59. The van der Waals surface area contributed by atoms with E-state index in [-0.39, 0.29) is 11.5 Å². The Hall–Kier alpha value is -0.520. The van der Waals surface area contributed by atoms with E-state index in [4.69, 9.17) is 5.73 Å². The Kier molecular flexibility index (Phi) is 4.92. The standard InChI is InChI=1S/C14H18BrF2NO/c15-9-6-10(16)12(11(17)7-9)13(18)14(19)8-4-2-1-3-5-8/h6-8,13-14,19H,1-5,18H2/t13-,14+/m1/s1. The van der Waals surface area contributed by atoms with Crippen molar-refractivity contribution in [2.45, 2.75) is 44.2 Å². The Balaban J connectivity index is 2.20. The zero-order valence-electron chi connectivity index (χ0n) is 10.6. The summed E-state index contributed by atoms with van der Waals surface area (Å²) in [4.78, 5) is 0. The first kappa shape index (κ1) is 14.9. The molecular formula is C14H18BrF2NO. The van der Waals surface area contributed by atoms with Crippen LogP contribution in [0.2, 0.25) is 0 Å². The number of rotatable bonds is 3. The summed E-state index contributed by atoms with van der Waals surface area (Å²) >= 11 is 3.03. The second-order valence-electron chi connectivity index (χ2n) is 5.20. The smallest absolute Gasteiger partial charge is 0.132 e. The highest BCUT2D eigenvalue weighted by molar-refractivity contribution is 9.10. The number of halogens is 3. The lowest BCUT2D eigenvalue weighted by Crippen LogP contribution is -2.35. The summed E-state index contributed by atoms with van der Waals surface area (Å²) in [6.45, 7) is 0. The van der Waals surface area contributed by atoms with Gasteiger partial charge in [-0.25, -0.2) is 8.78 Å². The molecule has 0 amide bonds. The van der Waals surface area contributed by atoms with Gasteiger partial charge in [-0.2, -0.15) is 0 Å². The lowest BCUT2D eigenvalue weighted by atomic mass is 9.81. The molecule has 1 aromatic rings. The number of hydrogen-bond acceptors (Lipinski definition) is 2. The molecule has 2 rings (SSSR count). The van der Waals surface area contributed by atoms with Crippen LogP contribution >= 0.6 is 15.9 Å². The van der Waals surface area contributed by atoms with Crippen molar-refractivity contribution in [3.8, 4) is 0 Å². The molecule has 2 nitrogen and oxygen atoms in total. The molecule has 1 aliphatic rings. The first-order valence-corrected chi connectivity index (χ1v) is 7.38. The van der Waals surface area contributed by atoms with Crippen LogP contribution < -0.4 is 5.73 Å². The lowest BCUT2D eigenvalue weighted by Gasteiger charge is -2.30. The summed E-state index contributed by atoms with van der Waals surface area (Å²) in [7, 11) is 0. The van der Waals surface area contributed by atoms with Gasteiger partial charge in [-0.1, -0.05) is 35.2 Å². The zero-order valence-corrected chi connectivity index (χ0v) is 12.2. The third-order valence-corrected chi connectivity index (χ3v) is 4.34. The summed E-state index contributed by atoms with van der Waals surface area (Å²) in [6.07, 6.45) is 4.08. The summed E-state index contributed by atoms with van der Waals surface area (Å²) in [5.41, 5.74) is 5.65. The van der Waals surface area contributed by atoms with Crippen molar-refractivity contribution in [2.24, 2.45) is 11.7 Å². The monoisotopic (exact) mass is 333 g/mol. The van der Waals surface area contributed by atoms with Gasteiger partial charge in [-0.05, 0) is 30.9 Å². The maximum Gasteiger partial charge on any atom is 0.132 e. The molecule has 106 valence electrons. The predicted octanol–water partition coefficient (Wildman–Crippen LogP) is 3.67. The van der Waals surface area contributed by atoms with E-state index in [2.05, 4.69) is 15.9 Å². The molecule has 0 saturated heterocycles. The van der Waals surface area contributed by atoms with Crippen LogP contribution in [0.25, 0.3) is 0 Å². The van der Waals surface area contributed by atoms with Crippen molar-refractivity contribution in [3.63, 3.8) is 0 Å². The molecule has 1 aliphatic carbocycles. The minimum Gasteiger partial charge on any atom is -0.391 e. The van der Waals surface area contributed by atoms with Gasteiger partial charge in [0.2, 0.25) is 0 Å². The van der Waals surface area contributed by atoms with E-state index >= 15 is 0 Å². The first-order chi connectivity index (χ1) is 9.00. The van der Waals surface area contributed by atoms with E-state index in [1.807, 2.05) is 0 Å². The molecule has 1 saturated carbocycles. The van der Waals surface area contributed by atoms with Crippen molar-refractivity contribution in [2.75, 3.05) is 0 Å². The lowest BCUT2D eigenvalue weighted by molar-refractivity contribution is 0.0596. The largest absolute Gasteiger partial charge is 0.391 e. The highest BCUT2D eigenvalue weighted by Gasteiger charge is 2.31. The van der Waals surface area contributed by atoms with Crippen LogP contribution in [0.1, 0.15) is 43.7 Å². The average molecular weight is 334 g/mol. The van der Waals surface area contributed by atoms with Gasteiger partial charge in [0.1, 0.15) is 11.6 Å². The third kappa shape index (κ3) is 3.33. The Bertz CT molecular complexity index is 426. The van der Waals surface area contributed by atoms with E-state index in [0.717, 1.165) is 32.1 Å². The summed E-state index contributed by atoms with van der Waals surface area (Å²) in [6, 6.07) is 1.33. The number of nitrogens with two attached hydrogens (primary N) is 1. The van der Waals surface area contributed by atoms with Crippen molar-refractivity contribution in [1.29, 1.82) is 0 Å². The second kappa shape index (κ2) is 6.29. The van der Waals surface area contributed by atoms with Gasteiger partial charge in [-0.3, -0.25) is 0 Å². The van der Waals surface area contributed by atoms with Crippen molar-refractivity contribution < 1.29 is 13.9 Å². The van der Waals surface area contributed by atoms with Crippen molar-refractivity contribution in [3.05, 3.63) is 33.8 Å². The highest BCUT2D eigenvalue weighted by Crippen LogP contribution is 2.33. The Morgan fingerprint density at radius 2 is 1.68 bits per heavy atom. The Morgan fingerprint density at radius 1 is 1.16 bits per heavy atom. The summed E-state index contributed by atoms with van der Waals surface area (Å²) in [5, 5.41) is 10.2. The van der Waals surface area contributed by atoms with Gasteiger partial charge in [-0.15, -0.1) is 0 Å². The van der Waals surface area contributed by atoms with Crippen LogP contribution in [0, 0.1) is 17.6 Å². The Morgan fingerprint density at radius 3 is 2.21 bits per heavy atom. The maximum absolute atomic E-state index is 13.8. The molecule has 1 fully saturated rings. The van der Waals surface area contributed by atoms with Gasteiger partial charge in [0, 0.05) is 10.0 Å². The number of aliphatic hydroxyl groups excluding tert-OH is 1. The molecule has 0 bridgehead atoms. The van der Waals surface area contributed by atoms with Gasteiger partial charge in [0.15, 0.2) is 0 Å². The van der Waals surface area contributed by atoms with E-state index in [0.29, 0.717) is 4.47 Å². The minimum absolute atomic E-state index is 0.0335. The topological polar surface area (TPSA) is 46.2 Å². The van der Waals surface area contributed by atoms with Crippen LogP contribution in [-0.2, 0) is 0 Å². The molecule has 0 spiro atoms. The number of hydrogen-bond donors (Lipinski definition) is 2. The molecule has 2 atom stereocenters. The normalized spacial score (nSPS) is 20.3. The number of benzene rings is 1. The molecule has 5 heteroatoms. The number of aliphatic hydroxyl groups is 1. The zero-order chi connectivity index (χ0) is 14.0. The molecular weight excluding hydrogens is 316 g/mol. The second-order valence-corrected chi connectivity index (χ2v) is 6.11. The fourth-order valence-electron chi connectivity index (χ4n) is 2.81. The van der Waals surface area contributed by atoms with Gasteiger partial charge < -0.3 is 10.8 Å². The van der Waals surface area contributed by atoms with E-state index in [9.17, 15) is 13.9 Å². The minimum atomic E-state index is -1.02. The molecule has 0 aromatic heterocycles. The average Bonchev–Trinajstić information content (AvgIpc) is 2.37. The summed E-state index contributed by atoms with van der Waals surface area (Å²) in [5.74, 6) is -1.39. The summed E-state index contributed by atoms with van der Waals surface area (Å²) < 4.78 is 28.0. The van der Waals surface area contributed by atoms with Crippen LogP contribution in [0.3, 0.4) is 0 Å². The van der Waals surface area contributed by atoms with Crippen LogP contribution in [0.4, 0.5) is 8.78 Å². The fraction of sp³-hybridized carbons (Fsp3) is 0.571. The van der Waals surface area contributed by atoms with Crippen LogP contribution in [0.5, 0.6) is 0 Å². The SMILES string of the molecule is N[C@H](c1c(F)cc(Br)cc1F)[C@@H](O)C1CCCCC1.